The summed E-state index contributed by atoms with van der Waals surface area (Å²) in [5.41, 5.74) is -0.461. The molecule has 0 bridgehead atoms. The van der Waals surface area contributed by atoms with Gasteiger partial charge in [-0.1, -0.05) is 27.2 Å². The van der Waals surface area contributed by atoms with E-state index in [-0.39, 0.29) is 41.3 Å². The lowest BCUT2D eigenvalue weighted by Crippen LogP contribution is -2.55. The van der Waals surface area contributed by atoms with E-state index in [0.717, 1.165) is 38.8 Å². The number of piperidine rings is 2. The van der Waals surface area contributed by atoms with E-state index in [4.69, 9.17) is 0 Å². The first-order valence-corrected chi connectivity index (χ1v) is 12.4. The number of nitrogens with one attached hydrogen (secondary N) is 1. The number of hydrogen-bond acceptors (Lipinski definition) is 5. The Morgan fingerprint density at radius 2 is 1.64 bits per heavy atom. The molecule has 3 aliphatic rings. The minimum Gasteiger partial charge on any atom is -0.350 e. The Bertz CT molecular complexity index is 695. The lowest BCUT2D eigenvalue weighted by atomic mass is 9.90. The van der Waals surface area contributed by atoms with Gasteiger partial charge in [-0.15, -0.1) is 0 Å². The molecule has 3 aliphatic heterocycles. The number of carbonyl (C=O) groups excluding carboxylic acids is 2. The maximum Gasteiger partial charge on any atom is 0.227 e. The van der Waals surface area contributed by atoms with Crippen molar-refractivity contribution >= 4 is 21.7 Å². The first kappa shape index (κ1) is 21.6. The summed E-state index contributed by atoms with van der Waals surface area (Å²) in [6.45, 7) is 8.61. The van der Waals surface area contributed by atoms with Crippen LogP contribution in [0.1, 0.15) is 52.9 Å². The highest BCUT2D eigenvalue weighted by Gasteiger charge is 2.43. The Kier molecular flexibility index (Phi) is 6.39. The molecule has 1 N–H and O–H groups in total. The van der Waals surface area contributed by atoms with Gasteiger partial charge in [-0.3, -0.25) is 14.5 Å². The fourth-order valence-corrected chi connectivity index (χ4v) is 6.68. The van der Waals surface area contributed by atoms with Gasteiger partial charge >= 0.3 is 0 Å². The molecule has 3 saturated heterocycles. The number of sulfone groups is 1. The molecule has 7 nitrogen and oxygen atoms in total. The van der Waals surface area contributed by atoms with Gasteiger partial charge in [0.2, 0.25) is 11.8 Å². The van der Waals surface area contributed by atoms with Crippen molar-refractivity contribution in [2.45, 2.75) is 65.0 Å². The third kappa shape index (κ3) is 5.06. The maximum absolute atomic E-state index is 12.9. The van der Waals surface area contributed by atoms with E-state index in [2.05, 4.69) is 10.2 Å². The molecule has 3 atom stereocenters. The van der Waals surface area contributed by atoms with Gasteiger partial charge in [0.25, 0.3) is 0 Å². The lowest BCUT2D eigenvalue weighted by molar-refractivity contribution is -0.143. The second-order valence-corrected chi connectivity index (χ2v) is 11.9. The van der Waals surface area contributed by atoms with Crippen molar-refractivity contribution in [3.63, 3.8) is 0 Å². The first-order chi connectivity index (χ1) is 13.1. The van der Waals surface area contributed by atoms with Crippen LogP contribution >= 0.6 is 0 Å². The number of amides is 2. The van der Waals surface area contributed by atoms with E-state index >= 15 is 0 Å². The van der Waals surface area contributed by atoms with Gasteiger partial charge in [0.1, 0.15) is 0 Å². The van der Waals surface area contributed by atoms with Crippen LogP contribution in [0.3, 0.4) is 0 Å². The molecular weight excluding hydrogens is 378 g/mol. The summed E-state index contributed by atoms with van der Waals surface area (Å²) in [7, 11) is -3.13. The van der Waals surface area contributed by atoms with E-state index in [1.165, 1.54) is 6.42 Å². The SMILES string of the molecule is CC(C)(C)C(=O)N1CCCC(C(=O)NC2CS(=O)(=O)CC2N2CCCCC2)C1. The Labute approximate surface area is 169 Å². The smallest absolute Gasteiger partial charge is 0.227 e. The van der Waals surface area contributed by atoms with E-state index in [0.29, 0.717) is 13.1 Å². The van der Waals surface area contributed by atoms with Gasteiger partial charge in [0, 0.05) is 24.5 Å². The molecule has 28 heavy (non-hydrogen) atoms. The van der Waals surface area contributed by atoms with Crippen LogP contribution in [0.25, 0.3) is 0 Å². The van der Waals surface area contributed by atoms with Crippen LogP contribution in [0, 0.1) is 11.3 Å². The average molecular weight is 414 g/mol. The molecule has 0 radical (unpaired) electrons. The number of nitrogens with zero attached hydrogens (tertiary/aromatic N) is 2. The van der Waals surface area contributed by atoms with Crippen molar-refractivity contribution in [2.75, 3.05) is 37.7 Å². The fraction of sp³-hybridized carbons (Fsp3) is 0.900. The van der Waals surface area contributed by atoms with Gasteiger partial charge in [0.15, 0.2) is 9.84 Å². The molecule has 160 valence electrons. The molecule has 3 heterocycles. The standard InChI is InChI=1S/C20H35N3O4S/c1-20(2,3)19(25)23-11-7-8-15(12-23)18(24)21-16-13-28(26,27)14-17(16)22-9-5-4-6-10-22/h15-17H,4-14H2,1-3H3,(H,21,24). The Balaban J connectivity index is 1.64. The van der Waals surface area contributed by atoms with Crippen molar-refractivity contribution in [1.82, 2.24) is 15.1 Å². The third-order valence-electron chi connectivity index (χ3n) is 6.23. The van der Waals surface area contributed by atoms with Crippen LogP contribution in [0.2, 0.25) is 0 Å². The summed E-state index contributed by atoms with van der Waals surface area (Å²) < 4.78 is 24.5. The van der Waals surface area contributed by atoms with Crippen molar-refractivity contribution in [3.05, 3.63) is 0 Å². The summed E-state index contributed by atoms with van der Waals surface area (Å²) in [6, 6.07) is -0.463. The van der Waals surface area contributed by atoms with Crippen LogP contribution in [0.5, 0.6) is 0 Å². The molecule has 0 aromatic carbocycles. The molecule has 2 amide bonds. The van der Waals surface area contributed by atoms with Crippen molar-refractivity contribution in [1.29, 1.82) is 0 Å². The first-order valence-electron chi connectivity index (χ1n) is 10.6. The van der Waals surface area contributed by atoms with Crippen LogP contribution in [-0.4, -0.2) is 79.8 Å². The van der Waals surface area contributed by atoms with Gasteiger partial charge in [0.05, 0.1) is 23.5 Å². The van der Waals surface area contributed by atoms with E-state index in [9.17, 15) is 18.0 Å². The molecule has 0 aliphatic carbocycles. The maximum atomic E-state index is 12.9. The molecule has 3 unspecified atom stereocenters. The Morgan fingerprint density at radius 3 is 2.29 bits per heavy atom. The summed E-state index contributed by atoms with van der Waals surface area (Å²) >= 11 is 0. The van der Waals surface area contributed by atoms with Crippen molar-refractivity contribution < 1.29 is 18.0 Å². The van der Waals surface area contributed by atoms with Gasteiger partial charge in [-0.2, -0.15) is 0 Å². The monoisotopic (exact) mass is 413 g/mol. The summed E-state index contributed by atoms with van der Waals surface area (Å²) in [6.07, 6.45) is 4.91. The largest absolute Gasteiger partial charge is 0.350 e. The van der Waals surface area contributed by atoms with Crippen LogP contribution in [0.4, 0.5) is 0 Å². The lowest BCUT2D eigenvalue weighted by Gasteiger charge is -2.38. The molecule has 0 spiro atoms. The van der Waals surface area contributed by atoms with Gasteiger partial charge < -0.3 is 10.2 Å². The van der Waals surface area contributed by atoms with Crippen LogP contribution in [0.15, 0.2) is 0 Å². The molecule has 0 aromatic rings. The number of hydrogen-bond donors (Lipinski definition) is 1. The number of carbonyl (C=O) groups is 2. The predicted octanol–water partition coefficient (Wildman–Crippen LogP) is 1.04. The number of rotatable bonds is 3. The highest BCUT2D eigenvalue weighted by Crippen LogP contribution is 2.26. The van der Waals surface area contributed by atoms with Gasteiger partial charge in [-0.25, -0.2) is 8.42 Å². The zero-order valence-corrected chi connectivity index (χ0v) is 18.3. The highest BCUT2D eigenvalue weighted by atomic mass is 32.2. The zero-order chi connectivity index (χ0) is 20.5. The Hall–Kier alpha value is -1.15. The molecule has 3 fully saturated rings. The topological polar surface area (TPSA) is 86.8 Å². The van der Waals surface area contributed by atoms with Crippen LogP contribution < -0.4 is 5.32 Å². The summed E-state index contributed by atoms with van der Waals surface area (Å²) in [4.78, 5) is 29.6. The third-order valence-corrected chi connectivity index (χ3v) is 7.95. The fourth-order valence-electron chi connectivity index (χ4n) is 4.73. The van der Waals surface area contributed by atoms with Crippen molar-refractivity contribution in [2.24, 2.45) is 11.3 Å². The van der Waals surface area contributed by atoms with Gasteiger partial charge in [-0.05, 0) is 38.8 Å². The second-order valence-electron chi connectivity index (χ2n) is 9.70. The van der Waals surface area contributed by atoms with E-state index < -0.39 is 15.3 Å². The van der Waals surface area contributed by atoms with Crippen LogP contribution in [-0.2, 0) is 19.4 Å². The molecule has 8 heteroatoms. The quantitative estimate of drug-likeness (QED) is 0.747. The highest BCUT2D eigenvalue weighted by molar-refractivity contribution is 7.91. The predicted molar refractivity (Wildman–Crippen MR) is 109 cm³/mol. The minimum absolute atomic E-state index is 0.0251. The molecule has 0 saturated carbocycles. The zero-order valence-electron chi connectivity index (χ0n) is 17.4. The number of likely N-dealkylation sites (tertiary alicyclic amines) is 2. The summed E-state index contributed by atoms with van der Waals surface area (Å²) in [5, 5.41) is 3.05. The molecular formula is C20H35N3O4S. The Morgan fingerprint density at radius 1 is 0.964 bits per heavy atom. The minimum atomic E-state index is -3.13. The summed E-state index contributed by atoms with van der Waals surface area (Å²) in [5.74, 6) is -0.130. The normalized spacial score (nSPS) is 31.5. The second kappa shape index (κ2) is 8.30. The van der Waals surface area contributed by atoms with E-state index in [1.807, 2.05) is 20.8 Å². The molecule has 3 rings (SSSR count). The average Bonchev–Trinajstić information content (AvgIpc) is 2.95. The van der Waals surface area contributed by atoms with E-state index in [1.54, 1.807) is 4.90 Å². The molecule has 0 aromatic heterocycles. The van der Waals surface area contributed by atoms with Crippen molar-refractivity contribution in [3.8, 4) is 0 Å².